The Bertz CT molecular complexity index is 891. The molecule has 0 bridgehead atoms. The van der Waals surface area contributed by atoms with Gasteiger partial charge in [-0.05, 0) is 48.2 Å². The lowest BCUT2D eigenvalue weighted by atomic mass is 10.0. The second-order valence-electron chi connectivity index (χ2n) is 8.82. The van der Waals surface area contributed by atoms with Crippen molar-refractivity contribution in [3.05, 3.63) is 41.1 Å². The minimum absolute atomic E-state index is 0.245. The summed E-state index contributed by atoms with van der Waals surface area (Å²) in [6, 6.07) is 7.70. The summed E-state index contributed by atoms with van der Waals surface area (Å²) in [5, 5.41) is 19.1. The number of nitrogens with zero attached hydrogens (tertiary/aromatic N) is 5. The van der Waals surface area contributed by atoms with E-state index in [-0.39, 0.29) is 5.75 Å². The molecule has 3 aliphatic heterocycles. The van der Waals surface area contributed by atoms with Crippen LogP contribution in [-0.4, -0.2) is 72.0 Å². The number of phenolic OH excluding ortho intramolecular Hbond substituents is 1. The van der Waals surface area contributed by atoms with Gasteiger partial charge in [0, 0.05) is 58.3 Å². The van der Waals surface area contributed by atoms with Crippen LogP contribution in [-0.2, 0) is 19.5 Å². The van der Waals surface area contributed by atoms with Gasteiger partial charge in [-0.3, -0.25) is 4.90 Å². The molecule has 0 radical (unpaired) electrons. The topological polar surface area (TPSA) is 65.0 Å². The Kier molecular flexibility index (Phi) is 4.80. The van der Waals surface area contributed by atoms with Gasteiger partial charge in [-0.25, -0.2) is 0 Å². The maximum atomic E-state index is 9.93. The molecule has 0 amide bonds. The van der Waals surface area contributed by atoms with E-state index in [0.717, 1.165) is 68.1 Å². The molecule has 0 aliphatic carbocycles. The van der Waals surface area contributed by atoms with E-state index < -0.39 is 0 Å². The molecule has 1 aromatic carbocycles. The fraction of sp³-hybridized carbons (Fsp3) is 0.545. The first-order valence-corrected chi connectivity index (χ1v) is 10.5. The number of ether oxygens (including phenoxy) is 1. The van der Waals surface area contributed by atoms with Gasteiger partial charge in [0.25, 0.3) is 0 Å². The van der Waals surface area contributed by atoms with E-state index in [2.05, 4.69) is 38.0 Å². The lowest BCUT2D eigenvalue weighted by Crippen LogP contribution is -2.32. The zero-order valence-electron chi connectivity index (χ0n) is 17.2. The summed E-state index contributed by atoms with van der Waals surface area (Å²) in [7, 11) is 3.85. The third kappa shape index (κ3) is 3.76. The van der Waals surface area contributed by atoms with Crippen LogP contribution < -0.4 is 9.64 Å². The Morgan fingerprint density at radius 3 is 2.62 bits per heavy atom. The van der Waals surface area contributed by atoms with Crippen LogP contribution in [0.15, 0.2) is 24.3 Å². The van der Waals surface area contributed by atoms with Crippen molar-refractivity contribution in [2.45, 2.75) is 19.5 Å². The average molecular weight is 396 g/mol. The third-order valence-electron chi connectivity index (χ3n) is 6.59. The molecule has 29 heavy (non-hydrogen) atoms. The molecule has 0 unspecified atom stereocenters. The van der Waals surface area contributed by atoms with Crippen LogP contribution in [0.4, 0.5) is 5.82 Å². The minimum Gasteiger partial charge on any atom is -0.508 e. The largest absolute Gasteiger partial charge is 0.508 e. The number of methoxy groups -OCH3 is 1. The fourth-order valence-electron chi connectivity index (χ4n) is 5.19. The molecule has 0 spiro atoms. The molecule has 2 saturated heterocycles. The van der Waals surface area contributed by atoms with Crippen molar-refractivity contribution in [3.8, 4) is 11.5 Å². The fourth-order valence-corrected chi connectivity index (χ4v) is 5.19. The predicted molar refractivity (Wildman–Crippen MR) is 111 cm³/mol. The minimum atomic E-state index is 0.245. The number of hydrogen-bond acceptors (Lipinski definition) is 7. The molecule has 7 heteroatoms. The summed E-state index contributed by atoms with van der Waals surface area (Å²) in [6.07, 6.45) is 0.911. The Morgan fingerprint density at radius 2 is 1.86 bits per heavy atom. The van der Waals surface area contributed by atoms with Gasteiger partial charge >= 0.3 is 0 Å². The van der Waals surface area contributed by atoms with Gasteiger partial charge in [0.15, 0.2) is 5.82 Å². The van der Waals surface area contributed by atoms with Crippen LogP contribution >= 0.6 is 0 Å². The summed E-state index contributed by atoms with van der Waals surface area (Å²) in [5.41, 5.74) is 3.46. The first-order chi connectivity index (χ1) is 14.1. The molecule has 3 aliphatic rings. The number of hydrogen-bond donors (Lipinski definition) is 1. The van der Waals surface area contributed by atoms with Crippen LogP contribution in [0, 0.1) is 11.8 Å². The molecule has 154 valence electrons. The monoisotopic (exact) mass is 395 g/mol. The zero-order chi connectivity index (χ0) is 20.0. The number of phenols is 1. The second kappa shape index (κ2) is 7.46. The second-order valence-corrected chi connectivity index (χ2v) is 8.82. The van der Waals surface area contributed by atoms with Crippen molar-refractivity contribution in [2.24, 2.45) is 11.8 Å². The van der Waals surface area contributed by atoms with Crippen molar-refractivity contribution >= 4 is 5.82 Å². The predicted octanol–water partition coefficient (Wildman–Crippen LogP) is 1.75. The van der Waals surface area contributed by atoms with Gasteiger partial charge in [0.2, 0.25) is 0 Å². The van der Waals surface area contributed by atoms with Crippen LogP contribution in [0.25, 0.3) is 0 Å². The van der Waals surface area contributed by atoms with E-state index in [1.54, 1.807) is 13.2 Å². The Labute approximate surface area is 171 Å². The van der Waals surface area contributed by atoms with Crippen molar-refractivity contribution in [2.75, 3.05) is 51.8 Å². The SMILES string of the molecule is COc1cc(O)cc(CN2CCc3nnc(N4C[C@H]5CN(C)C[C@H]5C4)cc3C2)c1. The molecule has 1 N–H and O–H groups in total. The van der Waals surface area contributed by atoms with Gasteiger partial charge in [-0.15, -0.1) is 5.10 Å². The Balaban J connectivity index is 1.29. The van der Waals surface area contributed by atoms with E-state index >= 15 is 0 Å². The van der Waals surface area contributed by atoms with Crippen molar-refractivity contribution < 1.29 is 9.84 Å². The van der Waals surface area contributed by atoms with Gasteiger partial charge in [0.1, 0.15) is 11.5 Å². The summed E-state index contributed by atoms with van der Waals surface area (Å²) in [5.74, 6) is 3.48. The molecule has 2 aromatic rings. The molecular formula is C22H29N5O2. The number of benzene rings is 1. The number of fused-ring (bicyclic) bond motifs is 2. The zero-order valence-corrected chi connectivity index (χ0v) is 17.2. The van der Waals surface area contributed by atoms with E-state index in [0.29, 0.717) is 5.75 Å². The Hall–Kier alpha value is -2.38. The number of anilines is 1. The van der Waals surface area contributed by atoms with Gasteiger partial charge in [-0.2, -0.15) is 5.10 Å². The quantitative estimate of drug-likeness (QED) is 0.846. The summed E-state index contributed by atoms with van der Waals surface area (Å²) >= 11 is 0. The van der Waals surface area contributed by atoms with Gasteiger partial charge in [0.05, 0.1) is 12.8 Å². The van der Waals surface area contributed by atoms with E-state index in [1.165, 1.54) is 18.7 Å². The number of rotatable bonds is 4. The molecule has 7 nitrogen and oxygen atoms in total. The molecule has 1 aromatic heterocycles. The standard InChI is InChI=1S/C22H29N5O2/c1-25-10-17-13-27(14-18(17)11-25)22-7-16-12-26(4-3-21(16)23-24-22)9-15-5-19(28)8-20(6-15)29-2/h5-8,17-18,28H,3-4,9-14H2,1-2H3/t17-,18+. The van der Waals surface area contributed by atoms with Crippen LogP contribution in [0.1, 0.15) is 16.8 Å². The van der Waals surface area contributed by atoms with Crippen LogP contribution in [0.3, 0.4) is 0 Å². The highest BCUT2D eigenvalue weighted by Crippen LogP contribution is 2.33. The van der Waals surface area contributed by atoms with Crippen LogP contribution in [0.5, 0.6) is 11.5 Å². The molecule has 4 heterocycles. The van der Waals surface area contributed by atoms with Crippen molar-refractivity contribution in [1.82, 2.24) is 20.0 Å². The normalized spacial score (nSPS) is 24.6. The smallest absolute Gasteiger partial charge is 0.151 e. The third-order valence-corrected chi connectivity index (χ3v) is 6.59. The van der Waals surface area contributed by atoms with Gasteiger partial charge in [-0.1, -0.05) is 0 Å². The lowest BCUT2D eigenvalue weighted by Gasteiger charge is -2.29. The first kappa shape index (κ1) is 18.6. The van der Waals surface area contributed by atoms with E-state index in [9.17, 15) is 5.11 Å². The molecule has 2 atom stereocenters. The summed E-state index contributed by atoms with van der Waals surface area (Å²) in [6.45, 7) is 7.16. The molecule has 0 saturated carbocycles. The van der Waals surface area contributed by atoms with Crippen molar-refractivity contribution in [3.63, 3.8) is 0 Å². The molecular weight excluding hydrogens is 366 g/mol. The highest BCUT2D eigenvalue weighted by Gasteiger charge is 2.39. The number of aromatic nitrogens is 2. The van der Waals surface area contributed by atoms with Crippen molar-refractivity contribution in [1.29, 1.82) is 0 Å². The maximum Gasteiger partial charge on any atom is 0.151 e. The average Bonchev–Trinajstić information content (AvgIpc) is 3.24. The summed E-state index contributed by atoms with van der Waals surface area (Å²) < 4.78 is 5.29. The Morgan fingerprint density at radius 1 is 1.07 bits per heavy atom. The first-order valence-electron chi connectivity index (χ1n) is 10.5. The molecule has 2 fully saturated rings. The molecule has 5 rings (SSSR count). The van der Waals surface area contributed by atoms with Gasteiger partial charge < -0.3 is 19.6 Å². The van der Waals surface area contributed by atoms with Crippen LogP contribution in [0.2, 0.25) is 0 Å². The van der Waals surface area contributed by atoms with E-state index in [1.807, 2.05) is 12.1 Å². The van der Waals surface area contributed by atoms with E-state index in [4.69, 9.17) is 4.74 Å². The summed E-state index contributed by atoms with van der Waals surface area (Å²) in [4.78, 5) is 7.27. The lowest BCUT2D eigenvalue weighted by molar-refractivity contribution is 0.242. The number of aromatic hydroxyl groups is 1. The highest BCUT2D eigenvalue weighted by atomic mass is 16.5. The highest BCUT2D eigenvalue weighted by molar-refractivity contribution is 5.44. The number of likely N-dealkylation sites (tertiary alicyclic amines) is 1. The maximum absolute atomic E-state index is 9.93.